The molecule has 1 fully saturated rings. The largest absolute Gasteiger partial charge is 0.494 e. The number of ether oxygens (including phenoxy) is 3. The highest BCUT2D eigenvalue weighted by molar-refractivity contribution is 9.10. The molecule has 6 nitrogen and oxygen atoms in total. The van der Waals surface area contributed by atoms with Gasteiger partial charge in [-0.25, -0.2) is 4.99 Å². The number of hydrogen-bond acceptors (Lipinski definition) is 6. The molecule has 1 N–H and O–H groups in total. The summed E-state index contributed by atoms with van der Waals surface area (Å²) in [7, 11) is 4.67. The lowest BCUT2D eigenvalue weighted by atomic mass is 10.2. The normalized spacial score (nSPS) is 16.4. The number of hydrogen-bond donors (Lipinski definition) is 1. The highest BCUT2D eigenvalue weighted by Gasteiger charge is 2.25. The Labute approximate surface area is 180 Å². The predicted octanol–water partition coefficient (Wildman–Crippen LogP) is 5.02. The highest BCUT2D eigenvalue weighted by atomic mass is 79.9. The van der Waals surface area contributed by atoms with Gasteiger partial charge in [-0.1, -0.05) is 27.5 Å². The van der Waals surface area contributed by atoms with E-state index in [9.17, 15) is 4.79 Å². The topological polar surface area (TPSA) is 69.2 Å². The first-order valence-corrected chi connectivity index (χ1v) is 9.98. The predicted molar refractivity (Wildman–Crippen MR) is 116 cm³/mol. The molecule has 1 saturated heterocycles. The van der Waals surface area contributed by atoms with Gasteiger partial charge in [0.25, 0.3) is 5.91 Å². The first-order chi connectivity index (χ1) is 13.4. The number of carbonyl (C=O) groups is 1. The van der Waals surface area contributed by atoms with Crippen LogP contribution in [0.25, 0.3) is 6.08 Å². The van der Waals surface area contributed by atoms with Gasteiger partial charge >= 0.3 is 0 Å². The number of amidine groups is 1. The van der Waals surface area contributed by atoms with Crippen molar-refractivity contribution < 1.29 is 19.0 Å². The van der Waals surface area contributed by atoms with E-state index in [1.54, 1.807) is 57.7 Å². The van der Waals surface area contributed by atoms with Crippen molar-refractivity contribution in [2.24, 2.45) is 4.99 Å². The number of methoxy groups -OCH3 is 3. The molecule has 1 amide bonds. The van der Waals surface area contributed by atoms with Gasteiger partial charge in [0.1, 0.15) is 11.4 Å². The fourth-order valence-electron chi connectivity index (χ4n) is 2.46. The molecule has 0 bridgehead atoms. The monoisotopic (exact) mass is 482 g/mol. The molecule has 0 aromatic heterocycles. The highest BCUT2D eigenvalue weighted by Crippen LogP contribution is 2.37. The van der Waals surface area contributed by atoms with Crippen LogP contribution < -0.4 is 19.5 Å². The lowest BCUT2D eigenvalue weighted by Gasteiger charge is -2.10. The third-order valence-corrected chi connectivity index (χ3v) is 5.63. The van der Waals surface area contributed by atoms with E-state index in [2.05, 4.69) is 26.2 Å². The van der Waals surface area contributed by atoms with Gasteiger partial charge in [-0.05, 0) is 53.7 Å². The van der Waals surface area contributed by atoms with Crippen molar-refractivity contribution in [1.29, 1.82) is 0 Å². The maximum Gasteiger partial charge on any atom is 0.264 e. The average Bonchev–Trinajstić information content (AvgIpc) is 3.02. The van der Waals surface area contributed by atoms with E-state index in [-0.39, 0.29) is 5.91 Å². The molecular weight excluding hydrogens is 468 g/mol. The molecule has 1 heterocycles. The maximum atomic E-state index is 12.4. The summed E-state index contributed by atoms with van der Waals surface area (Å²) in [4.78, 5) is 17.3. The summed E-state index contributed by atoms with van der Waals surface area (Å²) in [6.07, 6.45) is 1.75. The molecule has 9 heteroatoms. The molecule has 0 saturated carbocycles. The number of thioether (sulfide) groups is 1. The molecule has 146 valence electrons. The van der Waals surface area contributed by atoms with Crippen molar-refractivity contribution in [3.63, 3.8) is 0 Å². The fraction of sp³-hybridized carbons (Fsp3) is 0.158. The number of amides is 1. The third kappa shape index (κ3) is 4.45. The van der Waals surface area contributed by atoms with Crippen LogP contribution in [0.1, 0.15) is 5.56 Å². The molecule has 2 aromatic carbocycles. The first-order valence-electron chi connectivity index (χ1n) is 7.99. The number of nitrogens with zero attached hydrogens (tertiary/aromatic N) is 1. The first kappa shape index (κ1) is 20.6. The van der Waals surface area contributed by atoms with E-state index in [0.29, 0.717) is 38.0 Å². The number of benzene rings is 2. The van der Waals surface area contributed by atoms with Crippen molar-refractivity contribution in [3.8, 4) is 17.2 Å². The second-order valence-electron chi connectivity index (χ2n) is 5.53. The molecule has 1 aliphatic rings. The van der Waals surface area contributed by atoms with E-state index in [1.807, 2.05) is 0 Å². The summed E-state index contributed by atoms with van der Waals surface area (Å²) in [5, 5.41) is 3.72. The van der Waals surface area contributed by atoms with Crippen LogP contribution >= 0.6 is 39.3 Å². The zero-order chi connectivity index (χ0) is 20.3. The van der Waals surface area contributed by atoms with Crippen molar-refractivity contribution in [1.82, 2.24) is 5.32 Å². The van der Waals surface area contributed by atoms with Crippen LogP contribution in [0.5, 0.6) is 17.2 Å². The lowest BCUT2D eigenvalue weighted by Crippen LogP contribution is -2.19. The molecule has 0 unspecified atom stereocenters. The second kappa shape index (κ2) is 8.89. The number of halogens is 2. The smallest absolute Gasteiger partial charge is 0.264 e. The van der Waals surface area contributed by atoms with Crippen molar-refractivity contribution in [2.45, 2.75) is 0 Å². The zero-order valence-corrected chi connectivity index (χ0v) is 18.4. The van der Waals surface area contributed by atoms with Crippen molar-refractivity contribution in [3.05, 3.63) is 50.3 Å². The van der Waals surface area contributed by atoms with E-state index in [4.69, 9.17) is 25.8 Å². The van der Waals surface area contributed by atoms with Crippen LogP contribution in [0.4, 0.5) is 5.69 Å². The Morgan fingerprint density at radius 2 is 1.75 bits per heavy atom. The van der Waals surface area contributed by atoms with Crippen LogP contribution in [0.2, 0.25) is 5.02 Å². The van der Waals surface area contributed by atoms with Crippen molar-refractivity contribution in [2.75, 3.05) is 21.3 Å². The van der Waals surface area contributed by atoms with Crippen LogP contribution in [-0.4, -0.2) is 32.4 Å². The summed E-state index contributed by atoms with van der Waals surface area (Å²) in [6.45, 7) is 0. The van der Waals surface area contributed by atoms with Gasteiger partial charge in [-0.2, -0.15) is 0 Å². The van der Waals surface area contributed by atoms with Gasteiger partial charge in [0.15, 0.2) is 16.7 Å². The van der Waals surface area contributed by atoms with Gasteiger partial charge in [-0.3, -0.25) is 4.79 Å². The summed E-state index contributed by atoms with van der Waals surface area (Å²) >= 11 is 10.8. The summed E-state index contributed by atoms with van der Waals surface area (Å²) in [6, 6.07) is 8.69. The summed E-state index contributed by atoms with van der Waals surface area (Å²) in [5.41, 5.74) is 1.31. The minimum Gasteiger partial charge on any atom is -0.494 e. The lowest BCUT2D eigenvalue weighted by molar-refractivity contribution is -0.115. The van der Waals surface area contributed by atoms with Gasteiger partial charge in [-0.15, -0.1) is 0 Å². The Balaban J connectivity index is 1.92. The average molecular weight is 484 g/mol. The molecule has 0 aliphatic carbocycles. The Kier molecular flexibility index (Phi) is 6.53. The minimum atomic E-state index is -0.244. The van der Waals surface area contributed by atoms with Gasteiger partial charge < -0.3 is 19.5 Å². The second-order valence-corrected chi connectivity index (χ2v) is 7.85. The third-order valence-electron chi connectivity index (χ3n) is 3.80. The molecule has 0 atom stereocenters. The Hall–Kier alpha value is -2.16. The van der Waals surface area contributed by atoms with E-state index in [0.717, 1.165) is 10.0 Å². The molecule has 1 aliphatic heterocycles. The maximum absolute atomic E-state index is 12.4. The molecule has 0 spiro atoms. The van der Waals surface area contributed by atoms with Gasteiger partial charge in [0.2, 0.25) is 0 Å². The van der Waals surface area contributed by atoms with E-state index in [1.165, 1.54) is 11.8 Å². The Morgan fingerprint density at radius 1 is 1.07 bits per heavy atom. The SMILES string of the molecule is COc1ccc(Cl)cc1N=C1NC(=O)/C(=C/c2cc(OC)c(OC)cc2Br)S1. The van der Waals surface area contributed by atoms with Crippen molar-refractivity contribution >= 4 is 62.1 Å². The number of aliphatic imine (C=N–C) groups is 1. The molecule has 28 heavy (non-hydrogen) atoms. The van der Waals surface area contributed by atoms with E-state index < -0.39 is 0 Å². The van der Waals surface area contributed by atoms with Crippen LogP contribution in [-0.2, 0) is 4.79 Å². The fourth-order valence-corrected chi connectivity index (χ4v) is 3.89. The van der Waals surface area contributed by atoms with Crippen LogP contribution in [0.15, 0.2) is 44.7 Å². The summed E-state index contributed by atoms with van der Waals surface area (Å²) < 4.78 is 16.7. The van der Waals surface area contributed by atoms with Crippen LogP contribution in [0, 0.1) is 0 Å². The number of carbonyl (C=O) groups excluding carboxylic acids is 1. The quantitative estimate of drug-likeness (QED) is 0.605. The molecule has 0 radical (unpaired) electrons. The Morgan fingerprint density at radius 3 is 2.43 bits per heavy atom. The molecular formula is C19H16BrClN2O4S. The zero-order valence-electron chi connectivity index (χ0n) is 15.2. The molecule has 3 rings (SSSR count). The van der Waals surface area contributed by atoms with E-state index >= 15 is 0 Å². The minimum absolute atomic E-state index is 0.244. The summed E-state index contributed by atoms with van der Waals surface area (Å²) in [5.74, 6) is 1.48. The number of nitrogens with one attached hydrogen (secondary N) is 1. The Bertz CT molecular complexity index is 994. The van der Waals surface area contributed by atoms with Crippen LogP contribution in [0.3, 0.4) is 0 Å². The standard InChI is InChI=1S/C19H16BrClN2O4S/c1-25-14-5-4-11(21)8-13(14)22-19-23-18(24)17(28-19)7-10-6-15(26-2)16(27-3)9-12(10)20/h4-9H,1-3H3,(H,22,23,24)/b17-7-. The number of rotatable bonds is 5. The van der Waals surface area contributed by atoms with Gasteiger partial charge in [0, 0.05) is 9.50 Å². The van der Waals surface area contributed by atoms with Gasteiger partial charge in [0.05, 0.1) is 26.2 Å². The molecule has 2 aromatic rings.